The van der Waals surface area contributed by atoms with Crippen LogP contribution in [0.2, 0.25) is 0 Å². The molecular formula is C30H21FIN3O2. The number of hydrazone groups is 1. The monoisotopic (exact) mass is 601 g/mol. The summed E-state index contributed by atoms with van der Waals surface area (Å²) in [6.45, 7) is 0.338. The summed E-state index contributed by atoms with van der Waals surface area (Å²) in [4.78, 5) is 17.8. The van der Waals surface area contributed by atoms with Gasteiger partial charge in [0.25, 0.3) is 5.91 Å². The molecule has 0 atom stereocenters. The Balaban J connectivity index is 1.29. The van der Waals surface area contributed by atoms with E-state index in [1.807, 2.05) is 72.8 Å². The maximum atomic E-state index is 13.1. The largest absolute Gasteiger partial charge is 0.488 e. The predicted octanol–water partition coefficient (Wildman–Crippen LogP) is 6.99. The number of carbonyl (C=O) groups is 1. The predicted molar refractivity (Wildman–Crippen MR) is 152 cm³/mol. The molecule has 0 saturated carbocycles. The summed E-state index contributed by atoms with van der Waals surface area (Å²) < 4.78 is 19.8. The molecule has 0 aliphatic carbocycles. The Bertz CT molecular complexity index is 1590. The number of rotatable bonds is 7. The number of para-hydroxylation sites is 1. The highest BCUT2D eigenvalue weighted by atomic mass is 127. The molecule has 5 nitrogen and oxygen atoms in total. The normalized spacial score (nSPS) is 11.1. The Hall–Kier alpha value is -4.11. The molecule has 4 aromatic carbocycles. The van der Waals surface area contributed by atoms with E-state index in [1.165, 1.54) is 12.1 Å². The lowest BCUT2D eigenvalue weighted by atomic mass is 10.0. The van der Waals surface area contributed by atoms with Crippen molar-refractivity contribution in [3.63, 3.8) is 0 Å². The number of pyridine rings is 1. The van der Waals surface area contributed by atoms with Crippen LogP contribution in [0, 0.1) is 9.39 Å². The van der Waals surface area contributed by atoms with Crippen LogP contribution in [0.1, 0.15) is 21.5 Å². The van der Waals surface area contributed by atoms with Crippen molar-refractivity contribution < 1.29 is 13.9 Å². The van der Waals surface area contributed by atoms with Crippen LogP contribution in [0.5, 0.6) is 5.75 Å². The molecule has 1 N–H and O–H groups in total. The fourth-order valence-corrected chi connectivity index (χ4v) is 4.50. The van der Waals surface area contributed by atoms with Gasteiger partial charge in [0.2, 0.25) is 0 Å². The van der Waals surface area contributed by atoms with Crippen molar-refractivity contribution in [3.8, 4) is 17.0 Å². The Kier molecular flexibility index (Phi) is 7.51. The van der Waals surface area contributed by atoms with Crippen LogP contribution in [-0.4, -0.2) is 17.1 Å². The van der Waals surface area contributed by atoms with Gasteiger partial charge in [0, 0.05) is 10.9 Å². The van der Waals surface area contributed by atoms with Crippen molar-refractivity contribution in [1.29, 1.82) is 0 Å². The summed E-state index contributed by atoms with van der Waals surface area (Å²) in [5.41, 5.74) is 7.22. The summed E-state index contributed by atoms with van der Waals surface area (Å²) >= 11 is 2.19. The summed E-state index contributed by atoms with van der Waals surface area (Å²) in [6, 6.07) is 30.9. The molecule has 0 unspecified atom stereocenters. The highest BCUT2D eigenvalue weighted by Gasteiger charge is 2.13. The van der Waals surface area contributed by atoms with E-state index in [2.05, 4.69) is 33.1 Å². The maximum Gasteiger partial charge on any atom is 0.272 e. The van der Waals surface area contributed by atoms with E-state index >= 15 is 0 Å². The van der Waals surface area contributed by atoms with Crippen LogP contribution < -0.4 is 10.2 Å². The third-order valence-corrected chi connectivity index (χ3v) is 6.52. The summed E-state index contributed by atoms with van der Waals surface area (Å²) in [6.07, 6.45) is 1.59. The van der Waals surface area contributed by atoms with E-state index in [1.54, 1.807) is 24.4 Å². The van der Waals surface area contributed by atoms with Crippen molar-refractivity contribution in [2.75, 3.05) is 0 Å². The lowest BCUT2D eigenvalue weighted by Gasteiger charge is -2.09. The van der Waals surface area contributed by atoms with Crippen LogP contribution in [0.4, 0.5) is 4.39 Å². The van der Waals surface area contributed by atoms with Gasteiger partial charge < -0.3 is 4.74 Å². The van der Waals surface area contributed by atoms with Gasteiger partial charge in [0.1, 0.15) is 18.2 Å². The number of nitrogens with one attached hydrogen (secondary N) is 1. The van der Waals surface area contributed by atoms with Gasteiger partial charge in [-0.25, -0.2) is 14.8 Å². The first-order valence-corrected chi connectivity index (χ1v) is 12.6. The minimum Gasteiger partial charge on any atom is -0.488 e. The van der Waals surface area contributed by atoms with E-state index in [4.69, 9.17) is 9.72 Å². The third kappa shape index (κ3) is 6.00. The molecule has 1 aromatic heterocycles. The quantitative estimate of drug-likeness (QED) is 0.124. The highest BCUT2D eigenvalue weighted by molar-refractivity contribution is 14.1. The van der Waals surface area contributed by atoms with Crippen LogP contribution in [0.3, 0.4) is 0 Å². The molecule has 5 aromatic rings. The van der Waals surface area contributed by atoms with Gasteiger partial charge in [-0.15, -0.1) is 0 Å². The summed E-state index contributed by atoms with van der Waals surface area (Å²) in [7, 11) is 0. The average molecular weight is 601 g/mol. The van der Waals surface area contributed by atoms with E-state index in [0.717, 1.165) is 36.9 Å². The molecule has 1 amide bonds. The van der Waals surface area contributed by atoms with Crippen molar-refractivity contribution >= 4 is 45.6 Å². The molecule has 0 bridgehead atoms. The molecule has 5 rings (SSSR count). The molecule has 182 valence electrons. The average Bonchev–Trinajstić information content (AvgIpc) is 2.93. The SMILES string of the molecule is O=C(N/N=C/c1ccc(OCc2ccc(F)cc2)c(I)c1)c1cc(-c2ccccc2)nc2ccccc12. The fraction of sp³-hybridized carbons (Fsp3) is 0.0333. The zero-order valence-electron chi connectivity index (χ0n) is 19.6. The minimum atomic E-state index is -0.319. The van der Waals surface area contributed by atoms with Gasteiger partial charge in [-0.3, -0.25) is 4.79 Å². The van der Waals surface area contributed by atoms with Gasteiger partial charge in [-0.1, -0.05) is 60.7 Å². The summed E-state index contributed by atoms with van der Waals surface area (Å²) in [5, 5.41) is 4.93. The topological polar surface area (TPSA) is 63.6 Å². The molecule has 0 fully saturated rings. The van der Waals surface area contributed by atoms with Gasteiger partial charge in [-0.05, 0) is 76.2 Å². The van der Waals surface area contributed by atoms with Gasteiger partial charge in [0.15, 0.2) is 0 Å². The van der Waals surface area contributed by atoms with Gasteiger partial charge >= 0.3 is 0 Å². The molecule has 37 heavy (non-hydrogen) atoms. The second-order valence-corrected chi connectivity index (χ2v) is 9.40. The summed E-state index contributed by atoms with van der Waals surface area (Å²) in [5.74, 6) is 0.117. The van der Waals surface area contributed by atoms with Crippen molar-refractivity contribution in [2.24, 2.45) is 5.10 Å². The zero-order chi connectivity index (χ0) is 25.6. The Morgan fingerprint density at radius 3 is 2.49 bits per heavy atom. The van der Waals surface area contributed by atoms with E-state index < -0.39 is 0 Å². The Morgan fingerprint density at radius 2 is 1.70 bits per heavy atom. The van der Waals surface area contributed by atoms with Crippen LogP contribution in [0.15, 0.2) is 108 Å². The van der Waals surface area contributed by atoms with E-state index in [9.17, 15) is 9.18 Å². The first kappa shape index (κ1) is 24.6. The number of aromatic nitrogens is 1. The van der Waals surface area contributed by atoms with E-state index in [0.29, 0.717) is 17.9 Å². The van der Waals surface area contributed by atoms with Gasteiger partial charge in [-0.2, -0.15) is 5.10 Å². The number of ether oxygens (including phenoxy) is 1. The van der Waals surface area contributed by atoms with E-state index in [-0.39, 0.29) is 11.7 Å². The number of carbonyl (C=O) groups excluding carboxylic acids is 1. The highest BCUT2D eigenvalue weighted by Crippen LogP contribution is 2.25. The molecule has 0 aliphatic rings. The standard InChI is InChI=1S/C30H21FIN3O2/c31-23-13-10-20(11-14-23)19-37-29-15-12-21(16-26(29)32)18-33-35-30(36)25-17-28(22-6-2-1-3-7-22)34-27-9-5-4-8-24(25)27/h1-18H,19H2,(H,35,36)/b33-18+. The fourth-order valence-electron chi connectivity index (χ4n) is 3.80. The number of halogens is 2. The first-order chi connectivity index (χ1) is 18.1. The molecule has 0 saturated heterocycles. The van der Waals surface area contributed by atoms with Crippen LogP contribution >= 0.6 is 22.6 Å². The van der Waals surface area contributed by atoms with Gasteiger partial charge in [0.05, 0.1) is 26.6 Å². The Labute approximate surface area is 227 Å². The van der Waals surface area contributed by atoms with Crippen LogP contribution in [-0.2, 0) is 6.61 Å². The van der Waals surface area contributed by atoms with Crippen molar-refractivity contribution in [2.45, 2.75) is 6.61 Å². The molecule has 1 heterocycles. The third-order valence-electron chi connectivity index (χ3n) is 5.67. The number of benzene rings is 4. The molecule has 7 heteroatoms. The van der Waals surface area contributed by atoms with Crippen molar-refractivity contribution in [1.82, 2.24) is 10.4 Å². The molecule has 0 radical (unpaired) electrons. The first-order valence-electron chi connectivity index (χ1n) is 11.5. The minimum absolute atomic E-state index is 0.275. The maximum absolute atomic E-state index is 13.1. The second kappa shape index (κ2) is 11.3. The molecule has 0 spiro atoms. The van der Waals surface area contributed by atoms with Crippen molar-refractivity contribution in [3.05, 3.63) is 129 Å². The number of hydrogen-bond donors (Lipinski definition) is 1. The lowest BCUT2D eigenvalue weighted by Crippen LogP contribution is -2.18. The number of amides is 1. The second-order valence-electron chi connectivity index (χ2n) is 8.24. The number of fused-ring (bicyclic) bond motifs is 1. The number of nitrogens with zero attached hydrogens (tertiary/aromatic N) is 2. The zero-order valence-corrected chi connectivity index (χ0v) is 21.7. The van der Waals surface area contributed by atoms with Crippen LogP contribution in [0.25, 0.3) is 22.2 Å². The number of hydrogen-bond acceptors (Lipinski definition) is 4. The smallest absolute Gasteiger partial charge is 0.272 e. The molecular weight excluding hydrogens is 580 g/mol. The lowest BCUT2D eigenvalue weighted by molar-refractivity contribution is 0.0956. The molecule has 0 aliphatic heterocycles. The Morgan fingerprint density at radius 1 is 0.946 bits per heavy atom.